The summed E-state index contributed by atoms with van der Waals surface area (Å²) in [5.41, 5.74) is 0.799. The Morgan fingerprint density at radius 1 is 1.08 bits per heavy atom. The van der Waals surface area contributed by atoms with Gasteiger partial charge in [-0.3, -0.25) is 0 Å². The molecular formula is C19H15F3N2O2. The molecule has 26 heavy (non-hydrogen) atoms. The molecule has 0 amide bonds. The SMILES string of the molecule is COC(=O)c1cn(Cc2ccccc2)c(-c2ccc(C(F)(F)F)cc2)n1. The minimum Gasteiger partial charge on any atom is -0.464 e. The van der Waals surface area contributed by atoms with E-state index >= 15 is 0 Å². The molecule has 134 valence electrons. The molecule has 0 atom stereocenters. The number of carbonyl (C=O) groups excluding carboxylic acids is 1. The standard InChI is InChI=1S/C19H15F3N2O2/c1-26-18(25)16-12-24(11-13-5-3-2-4-6-13)17(23-16)14-7-9-15(10-8-14)19(20,21)22/h2-10,12H,11H2,1H3. The highest BCUT2D eigenvalue weighted by Crippen LogP contribution is 2.31. The van der Waals surface area contributed by atoms with Crippen molar-refractivity contribution < 1.29 is 22.7 Å². The maximum Gasteiger partial charge on any atom is 0.416 e. The smallest absolute Gasteiger partial charge is 0.416 e. The summed E-state index contributed by atoms with van der Waals surface area (Å²) in [4.78, 5) is 16.0. The molecule has 3 rings (SSSR count). The zero-order valence-electron chi connectivity index (χ0n) is 13.8. The minimum absolute atomic E-state index is 0.0957. The lowest BCUT2D eigenvalue weighted by atomic mass is 10.1. The normalized spacial score (nSPS) is 11.4. The Bertz CT molecular complexity index is 901. The fraction of sp³-hybridized carbons (Fsp3) is 0.158. The van der Waals surface area contributed by atoms with Crippen LogP contribution in [0.4, 0.5) is 13.2 Å². The number of rotatable bonds is 4. The number of esters is 1. The van der Waals surface area contributed by atoms with Gasteiger partial charge in [-0.1, -0.05) is 42.5 Å². The molecule has 0 radical (unpaired) electrons. The molecule has 3 aromatic rings. The third-order valence-corrected chi connectivity index (χ3v) is 3.84. The maximum absolute atomic E-state index is 12.8. The number of nitrogens with zero attached hydrogens (tertiary/aromatic N) is 2. The van der Waals surface area contributed by atoms with Crippen LogP contribution in [0.3, 0.4) is 0 Å². The number of hydrogen-bond donors (Lipinski definition) is 0. The van der Waals surface area contributed by atoms with Gasteiger partial charge in [0.2, 0.25) is 0 Å². The monoisotopic (exact) mass is 360 g/mol. The van der Waals surface area contributed by atoms with Crippen LogP contribution in [-0.4, -0.2) is 22.6 Å². The molecule has 0 aliphatic rings. The van der Waals surface area contributed by atoms with Crippen molar-refractivity contribution >= 4 is 5.97 Å². The summed E-state index contributed by atoms with van der Waals surface area (Å²) in [6.07, 6.45) is -2.87. The van der Waals surface area contributed by atoms with E-state index < -0.39 is 17.7 Å². The number of alkyl halides is 3. The zero-order chi connectivity index (χ0) is 18.7. The molecule has 0 saturated heterocycles. The molecule has 1 aromatic heterocycles. The average molecular weight is 360 g/mol. The second-order valence-electron chi connectivity index (χ2n) is 5.63. The number of imidazole rings is 1. The van der Waals surface area contributed by atoms with E-state index in [0.717, 1.165) is 17.7 Å². The first-order valence-corrected chi connectivity index (χ1v) is 7.75. The molecule has 0 unspecified atom stereocenters. The predicted octanol–water partition coefficient (Wildman–Crippen LogP) is 4.40. The second-order valence-corrected chi connectivity index (χ2v) is 5.63. The molecule has 1 heterocycles. The summed E-state index contributed by atoms with van der Waals surface area (Å²) in [5.74, 6) is -0.215. The fourth-order valence-corrected chi connectivity index (χ4v) is 2.56. The Hall–Kier alpha value is -3.09. The highest BCUT2D eigenvalue weighted by atomic mass is 19.4. The number of hydrogen-bond acceptors (Lipinski definition) is 3. The van der Waals surface area contributed by atoms with Gasteiger partial charge in [0.05, 0.1) is 12.7 Å². The van der Waals surface area contributed by atoms with Gasteiger partial charge in [0.1, 0.15) is 5.82 Å². The lowest BCUT2D eigenvalue weighted by Crippen LogP contribution is -2.05. The number of methoxy groups -OCH3 is 1. The molecule has 0 spiro atoms. The van der Waals surface area contributed by atoms with E-state index in [0.29, 0.717) is 17.9 Å². The minimum atomic E-state index is -4.41. The Morgan fingerprint density at radius 3 is 2.31 bits per heavy atom. The van der Waals surface area contributed by atoms with E-state index in [9.17, 15) is 18.0 Å². The van der Waals surface area contributed by atoms with Gasteiger partial charge in [-0.05, 0) is 17.7 Å². The van der Waals surface area contributed by atoms with E-state index in [1.165, 1.54) is 25.4 Å². The van der Waals surface area contributed by atoms with E-state index in [2.05, 4.69) is 4.98 Å². The summed E-state index contributed by atoms with van der Waals surface area (Å²) in [7, 11) is 1.25. The van der Waals surface area contributed by atoms with E-state index in [1.54, 1.807) is 4.57 Å². The maximum atomic E-state index is 12.8. The largest absolute Gasteiger partial charge is 0.464 e. The van der Waals surface area contributed by atoms with Crippen LogP contribution < -0.4 is 0 Å². The molecule has 7 heteroatoms. The van der Waals surface area contributed by atoms with Gasteiger partial charge in [-0.2, -0.15) is 13.2 Å². The molecule has 0 saturated carbocycles. The highest BCUT2D eigenvalue weighted by Gasteiger charge is 2.30. The number of benzene rings is 2. The van der Waals surface area contributed by atoms with Crippen molar-refractivity contribution in [3.8, 4) is 11.4 Å². The Kier molecular flexibility index (Phi) is 4.79. The van der Waals surface area contributed by atoms with Crippen LogP contribution in [0.2, 0.25) is 0 Å². The van der Waals surface area contributed by atoms with Gasteiger partial charge < -0.3 is 9.30 Å². The van der Waals surface area contributed by atoms with Gasteiger partial charge in [0, 0.05) is 18.3 Å². The van der Waals surface area contributed by atoms with Gasteiger partial charge >= 0.3 is 12.1 Å². The molecule has 0 fully saturated rings. The van der Waals surface area contributed by atoms with Crippen LogP contribution in [0.5, 0.6) is 0 Å². The second kappa shape index (κ2) is 7.03. The Morgan fingerprint density at radius 2 is 1.73 bits per heavy atom. The van der Waals surface area contributed by atoms with Gasteiger partial charge in [0.25, 0.3) is 0 Å². The van der Waals surface area contributed by atoms with Crippen molar-refractivity contribution in [1.82, 2.24) is 9.55 Å². The van der Waals surface area contributed by atoms with Crippen molar-refractivity contribution in [2.75, 3.05) is 7.11 Å². The first kappa shape index (κ1) is 17.7. The van der Waals surface area contributed by atoms with Crippen LogP contribution in [-0.2, 0) is 17.5 Å². The summed E-state index contributed by atoms with van der Waals surface area (Å²) >= 11 is 0. The van der Waals surface area contributed by atoms with Gasteiger partial charge in [-0.15, -0.1) is 0 Å². The summed E-state index contributed by atoms with van der Waals surface area (Å²) < 4.78 is 44.7. The van der Waals surface area contributed by atoms with E-state index in [-0.39, 0.29) is 5.69 Å². The molecule has 2 aromatic carbocycles. The topological polar surface area (TPSA) is 44.1 Å². The molecule has 0 N–H and O–H groups in total. The molecule has 0 bridgehead atoms. The summed E-state index contributed by atoms with van der Waals surface area (Å²) in [5, 5.41) is 0. The number of carbonyl (C=O) groups is 1. The third kappa shape index (κ3) is 3.77. The summed E-state index contributed by atoms with van der Waals surface area (Å²) in [6, 6.07) is 14.1. The van der Waals surface area contributed by atoms with Crippen LogP contribution >= 0.6 is 0 Å². The average Bonchev–Trinajstić information content (AvgIpc) is 3.05. The van der Waals surface area contributed by atoms with Crippen molar-refractivity contribution in [2.24, 2.45) is 0 Å². The molecule has 0 aliphatic carbocycles. The number of ether oxygens (including phenoxy) is 1. The summed E-state index contributed by atoms with van der Waals surface area (Å²) in [6.45, 7) is 0.418. The Labute approximate surface area is 147 Å². The lowest BCUT2D eigenvalue weighted by Gasteiger charge is -2.10. The Balaban J connectivity index is 2.01. The third-order valence-electron chi connectivity index (χ3n) is 3.84. The van der Waals surface area contributed by atoms with Gasteiger partial charge in [0.15, 0.2) is 5.69 Å². The van der Waals surface area contributed by atoms with E-state index in [4.69, 9.17) is 4.74 Å². The first-order chi connectivity index (χ1) is 12.4. The van der Waals surface area contributed by atoms with Crippen molar-refractivity contribution in [3.63, 3.8) is 0 Å². The van der Waals surface area contributed by atoms with Gasteiger partial charge in [-0.25, -0.2) is 9.78 Å². The van der Waals surface area contributed by atoms with Crippen LogP contribution in [0.1, 0.15) is 21.6 Å². The van der Waals surface area contributed by atoms with Crippen molar-refractivity contribution in [1.29, 1.82) is 0 Å². The fourth-order valence-electron chi connectivity index (χ4n) is 2.56. The van der Waals surface area contributed by atoms with Crippen LogP contribution in [0.15, 0.2) is 60.8 Å². The highest BCUT2D eigenvalue weighted by molar-refractivity contribution is 5.87. The molecular weight excluding hydrogens is 345 g/mol. The predicted molar refractivity (Wildman–Crippen MR) is 89.5 cm³/mol. The zero-order valence-corrected chi connectivity index (χ0v) is 13.8. The van der Waals surface area contributed by atoms with Crippen molar-refractivity contribution in [3.05, 3.63) is 77.6 Å². The molecule has 4 nitrogen and oxygen atoms in total. The van der Waals surface area contributed by atoms with Crippen LogP contribution in [0, 0.1) is 0 Å². The lowest BCUT2D eigenvalue weighted by molar-refractivity contribution is -0.137. The first-order valence-electron chi connectivity index (χ1n) is 7.75. The van der Waals surface area contributed by atoms with Crippen molar-refractivity contribution in [2.45, 2.75) is 12.7 Å². The van der Waals surface area contributed by atoms with Crippen LogP contribution in [0.25, 0.3) is 11.4 Å². The number of halogens is 3. The number of aromatic nitrogens is 2. The van der Waals surface area contributed by atoms with E-state index in [1.807, 2.05) is 30.3 Å². The molecule has 0 aliphatic heterocycles. The quantitative estimate of drug-likeness (QED) is 0.648.